The van der Waals surface area contributed by atoms with Crippen LogP contribution < -0.4 is 4.74 Å². The SMILES string of the molecule is CCOC(=O)c1c2cccc(C)c2n2cc(OCC#N)ccc12. The van der Waals surface area contributed by atoms with Gasteiger partial charge in [0.15, 0.2) is 6.61 Å². The van der Waals surface area contributed by atoms with Gasteiger partial charge in [-0.1, -0.05) is 18.2 Å². The molecule has 1 aromatic carbocycles. The summed E-state index contributed by atoms with van der Waals surface area (Å²) in [5.41, 5.74) is 3.30. The van der Waals surface area contributed by atoms with Crippen LogP contribution in [0.1, 0.15) is 22.8 Å². The van der Waals surface area contributed by atoms with Crippen LogP contribution in [0.2, 0.25) is 0 Å². The van der Waals surface area contributed by atoms with Crippen LogP contribution in [-0.2, 0) is 4.74 Å². The van der Waals surface area contributed by atoms with Crippen molar-refractivity contribution in [2.24, 2.45) is 0 Å². The van der Waals surface area contributed by atoms with Crippen LogP contribution in [0.25, 0.3) is 16.4 Å². The average molecular weight is 308 g/mol. The quantitative estimate of drug-likeness (QED) is 0.692. The number of carbonyl (C=O) groups is 1. The van der Waals surface area contributed by atoms with Gasteiger partial charge in [0.2, 0.25) is 0 Å². The average Bonchev–Trinajstić information content (AvgIpc) is 2.88. The van der Waals surface area contributed by atoms with Crippen LogP contribution in [0, 0.1) is 18.3 Å². The highest BCUT2D eigenvalue weighted by atomic mass is 16.5. The van der Waals surface area contributed by atoms with E-state index in [0.717, 1.165) is 22.0 Å². The van der Waals surface area contributed by atoms with Crippen LogP contribution in [0.4, 0.5) is 0 Å². The first-order valence-corrected chi connectivity index (χ1v) is 7.37. The summed E-state index contributed by atoms with van der Waals surface area (Å²) in [6, 6.07) is 11.3. The van der Waals surface area contributed by atoms with Gasteiger partial charge in [-0.3, -0.25) is 0 Å². The number of aryl methyl sites for hydroxylation is 1. The molecular weight excluding hydrogens is 292 g/mol. The molecule has 3 aromatic rings. The number of nitriles is 1. The Kier molecular flexibility index (Phi) is 3.90. The van der Waals surface area contributed by atoms with Crippen LogP contribution in [0.3, 0.4) is 0 Å². The topological polar surface area (TPSA) is 63.7 Å². The largest absolute Gasteiger partial charge is 0.477 e. The predicted molar refractivity (Wildman–Crippen MR) is 86.7 cm³/mol. The molecule has 5 heteroatoms. The molecule has 0 unspecified atom stereocenters. The fourth-order valence-electron chi connectivity index (χ4n) is 2.81. The van der Waals surface area contributed by atoms with E-state index < -0.39 is 0 Å². The van der Waals surface area contributed by atoms with Gasteiger partial charge in [-0.2, -0.15) is 5.26 Å². The normalized spacial score (nSPS) is 10.7. The fraction of sp³-hybridized carbons (Fsp3) is 0.222. The first kappa shape index (κ1) is 14.9. The third-order valence-corrected chi connectivity index (χ3v) is 3.71. The molecule has 0 bridgehead atoms. The van der Waals surface area contributed by atoms with E-state index in [1.807, 2.05) is 41.7 Å². The van der Waals surface area contributed by atoms with Gasteiger partial charge in [-0.15, -0.1) is 0 Å². The van der Waals surface area contributed by atoms with Gasteiger partial charge in [-0.05, 0) is 31.5 Å². The number of aromatic nitrogens is 1. The lowest BCUT2D eigenvalue weighted by Crippen LogP contribution is -2.04. The molecule has 0 saturated heterocycles. The molecule has 0 saturated carbocycles. The lowest BCUT2D eigenvalue weighted by atomic mass is 10.1. The minimum atomic E-state index is -0.337. The summed E-state index contributed by atoms with van der Waals surface area (Å²) in [6.07, 6.45) is 1.80. The number of para-hydroxylation sites is 1. The molecule has 3 rings (SSSR count). The molecule has 0 aliphatic rings. The van der Waals surface area contributed by atoms with Crippen molar-refractivity contribution in [3.63, 3.8) is 0 Å². The van der Waals surface area contributed by atoms with Crippen molar-refractivity contribution >= 4 is 22.4 Å². The number of ether oxygens (including phenoxy) is 2. The molecule has 5 nitrogen and oxygen atoms in total. The second-order valence-corrected chi connectivity index (χ2v) is 5.13. The number of hydrogen-bond donors (Lipinski definition) is 0. The van der Waals surface area contributed by atoms with Crippen LogP contribution in [0.5, 0.6) is 5.75 Å². The van der Waals surface area contributed by atoms with E-state index in [1.165, 1.54) is 0 Å². The summed E-state index contributed by atoms with van der Waals surface area (Å²) < 4.78 is 12.5. The number of hydrogen-bond acceptors (Lipinski definition) is 4. The van der Waals surface area contributed by atoms with Crippen LogP contribution >= 0.6 is 0 Å². The highest BCUT2D eigenvalue weighted by Crippen LogP contribution is 2.31. The van der Waals surface area contributed by atoms with E-state index in [0.29, 0.717) is 17.9 Å². The standard InChI is InChI=1S/C18H16N2O3/c1-3-22-18(21)16-14-6-4-5-12(2)17(14)20-11-13(23-10-9-19)7-8-15(16)20/h4-8,11H,3,10H2,1-2H3. The van der Waals surface area contributed by atoms with E-state index in [-0.39, 0.29) is 12.6 Å². The zero-order valence-electron chi connectivity index (χ0n) is 13.0. The molecule has 0 amide bonds. The van der Waals surface area contributed by atoms with Crippen molar-refractivity contribution in [3.05, 3.63) is 47.7 Å². The van der Waals surface area contributed by atoms with Crippen molar-refractivity contribution in [2.75, 3.05) is 13.2 Å². The van der Waals surface area contributed by atoms with Crippen molar-refractivity contribution in [3.8, 4) is 11.8 Å². The summed E-state index contributed by atoms with van der Waals surface area (Å²) in [4.78, 5) is 12.4. The number of pyridine rings is 1. The number of rotatable bonds is 4. The van der Waals surface area contributed by atoms with E-state index in [4.69, 9.17) is 14.7 Å². The molecule has 0 fully saturated rings. The number of fused-ring (bicyclic) bond motifs is 3. The lowest BCUT2D eigenvalue weighted by Gasteiger charge is -2.05. The van der Waals surface area contributed by atoms with Gasteiger partial charge < -0.3 is 13.9 Å². The van der Waals surface area contributed by atoms with Gasteiger partial charge in [0.25, 0.3) is 0 Å². The third-order valence-electron chi connectivity index (χ3n) is 3.71. The van der Waals surface area contributed by atoms with Crippen molar-refractivity contribution in [1.29, 1.82) is 5.26 Å². The van der Waals surface area contributed by atoms with Gasteiger partial charge >= 0.3 is 5.97 Å². The van der Waals surface area contributed by atoms with Crippen molar-refractivity contribution in [2.45, 2.75) is 13.8 Å². The Morgan fingerprint density at radius 2 is 2.13 bits per heavy atom. The first-order valence-electron chi connectivity index (χ1n) is 7.37. The molecule has 2 aromatic heterocycles. The minimum absolute atomic E-state index is 0.0194. The number of benzene rings is 1. The smallest absolute Gasteiger partial charge is 0.340 e. The summed E-state index contributed by atoms with van der Waals surface area (Å²) in [5, 5.41) is 9.50. The Hall–Kier alpha value is -3.00. The number of nitrogens with zero attached hydrogens (tertiary/aromatic N) is 2. The van der Waals surface area contributed by atoms with E-state index in [9.17, 15) is 4.79 Å². The van der Waals surface area contributed by atoms with Gasteiger partial charge in [-0.25, -0.2) is 4.79 Å². The maximum atomic E-state index is 12.4. The second kappa shape index (κ2) is 6.01. The molecule has 2 heterocycles. The lowest BCUT2D eigenvalue weighted by molar-refractivity contribution is 0.0531. The molecule has 23 heavy (non-hydrogen) atoms. The Bertz CT molecular complexity index is 935. The van der Waals surface area contributed by atoms with Crippen LogP contribution in [0.15, 0.2) is 36.5 Å². The van der Waals surface area contributed by atoms with Crippen LogP contribution in [-0.4, -0.2) is 23.6 Å². The fourth-order valence-corrected chi connectivity index (χ4v) is 2.81. The monoisotopic (exact) mass is 308 g/mol. The Morgan fingerprint density at radius 3 is 2.87 bits per heavy atom. The van der Waals surface area contributed by atoms with E-state index in [2.05, 4.69) is 0 Å². The minimum Gasteiger partial charge on any atom is -0.477 e. The van der Waals surface area contributed by atoms with Crippen molar-refractivity contribution < 1.29 is 14.3 Å². The highest BCUT2D eigenvalue weighted by Gasteiger charge is 2.20. The molecule has 0 aliphatic carbocycles. The zero-order chi connectivity index (χ0) is 16.4. The molecule has 0 radical (unpaired) electrons. The molecule has 0 spiro atoms. The predicted octanol–water partition coefficient (Wildman–Crippen LogP) is 3.48. The van der Waals surface area contributed by atoms with Gasteiger partial charge in [0.1, 0.15) is 11.8 Å². The molecule has 0 N–H and O–H groups in total. The van der Waals surface area contributed by atoms with Gasteiger partial charge in [0.05, 0.1) is 29.4 Å². The summed E-state index contributed by atoms with van der Waals surface area (Å²) in [6.45, 7) is 4.09. The van der Waals surface area contributed by atoms with Crippen molar-refractivity contribution in [1.82, 2.24) is 4.40 Å². The molecule has 116 valence electrons. The molecule has 0 atom stereocenters. The Labute approximate surface area is 133 Å². The highest BCUT2D eigenvalue weighted by molar-refractivity contribution is 6.12. The summed E-state index contributed by atoms with van der Waals surface area (Å²) in [5.74, 6) is 0.242. The van der Waals surface area contributed by atoms with Gasteiger partial charge in [0, 0.05) is 5.39 Å². The second-order valence-electron chi connectivity index (χ2n) is 5.13. The zero-order valence-corrected chi connectivity index (χ0v) is 13.0. The summed E-state index contributed by atoms with van der Waals surface area (Å²) in [7, 11) is 0. The third kappa shape index (κ3) is 2.49. The molecule has 0 aliphatic heterocycles. The number of carbonyl (C=O) groups excluding carboxylic acids is 1. The Balaban J connectivity index is 2.31. The maximum absolute atomic E-state index is 12.4. The first-order chi connectivity index (χ1) is 11.2. The maximum Gasteiger partial charge on any atom is 0.340 e. The van der Waals surface area contributed by atoms with E-state index >= 15 is 0 Å². The Morgan fingerprint density at radius 1 is 1.30 bits per heavy atom. The number of esters is 1. The summed E-state index contributed by atoms with van der Waals surface area (Å²) >= 11 is 0. The van der Waals surface area contributed by atoms with E-state index in [1.54, 1.807) is 19.2 Å². The molecular formula is C18H16N2O3.